The minimum Gasteiger partial charge on any atom is -0.350 e. The molecule has 0 radical (unpaired) electrons. The summed E-state index contributed by atoms with van der Waals surface area (Å²) in [5.41, 5.74) is 1.06. The van der Waals surface area contributed by atoms with E-state index in [0.717, 1.165) is 39.4 Å². The number of carbonyl (C=O) groups excluding carboxylic acids is 1. The lowest BCUT2D eigenvalue weighted by atomic mass is 10.0. The molecule has 0 spiro atoms. The smallest absolute Gasteiger partial charge is 0.234 e. The molecule has 1 fully saturated rings. The molecule has 1 amide bonds. The Labute approximate surface area is 155 Å². The molecule has 7 heteroatoms. The van der Waals surface area contributed by atoms with Gasteiger partial charge in [0.1, 0.15) is 0 Å². The fourth-order valence-corrected chi connectivity index (χ4v) is 4.15. The van der Waals surface area contributed by atoms with E-state index in [-0.39, 0.29) is 11.9 Å². The maximum absolute atomic E-state index is 12.3. The third kappa shape index (κ3) is 4.49. The first-order chi connectivity index (χ1) is 11.6. The topological polar surface area (TPSA) is 44.4 Å². The summed E-state index contributed by atoms with van der Waals surface area (Å²) in [5.74, 6) is 0.0125. The van der Waals surface area contributed by atoms with E-state index in [1.54, 1.807) is 0 Å². The zero-order valence-corrected chi connectivity index (χ0v) is 15.4. The van der Waals surface area contributed by atoms with Gasteiger partial charge in [0.05, 0.1) is 17.4 Å². The van der Waals surface area contributed by atoms with Crippen LogP contribution in [0.25, 0.3) is 0 Å². The number of rotatable bonds is 5. The van der Waals surface area contributed by atoms with E-state index in [1.807, 2.05) is 36.4 Å². The second-order valence-corrected chi connectivity index (χ2v) is 7.90. The molecular weight excluding hydrogens is 365 g/mol. The summed E-state index contributed by atoms with van der Waals surface area (Å²) in [4.78, 5) is 15.5. The molecule has 3 rings (SSSR count). The van der Waals surface area contributed by atoms with Gasteiger partial charge in [-0.2, -0.15) is 0 Å². The van der Waals surface area contributed by atoms with E-state index in [2.05, 4.69) is 15.5 Å². The van der Waals surface area contributed by atoms with Crippen LogP contribution in [0.1, 0.15) is 16.5 Å². The molecular formula is C17H19Cl2N3OS. The Kier molecular flexibility index (Phi) is 6.14. The highest BCUT2D eigenvalue weighted by Gasteiger charge is 2.26. The highest BCUT2D eigenvalue weighted by atomic mass is 35.5. The molecule has 128 valence electrons. The van der Waals surface area contributed by atoms with Crippen LogP contribution in [0.5, 0.6) is 0 Å². The first-order valence-corrected chi connectivity index (χ1v) is 9.41. The first kappa shape index (κ1) is 17.7. The fourth-order valence-electron chi connectivity index (χ4n) is 2.86. The van der Waals surface area contributed by atoms with Crippen LogP contribution < -0.4 is 10.6 Å². The Bertz CT molecular complexity index is 707. The first-order valence-electron chi connectivity index (χ1n) is 7.83. The summed E-state index contributed by atoms with van der Waals surface area (Å²) < 4.78 is 0.736. The number of carbonyl (C=O) groups is 1. The van der Waals surface area contributed by atoms with Gasteiger partial charge in [0.25, 0.3) is 0 Å². The van der Waals surface area contributed by atoms with Crippen molar-refractivity contribution in [2.75, 3.05) is 26.2 Å². The van der Waals surface area contributed by atoms with E-state index in [4.69, 9.17) is 23.2 Å². The molecule has 2 heterocycles. The van der Waals surface area contributed by atoms with Crippen molar-refractivity contribution in [3.05, 3.63) is 56.2 Å². The normalized spacial score (nSPS) is 18.5. The average Bonchev–Trinajstić information content (AvgIpc) is 3.00. The van der Waals surface area contributed by atoms with Crippen LogP contribution in [0.4, 0.5) is 0 Å². The van der Waals surface area contributed by atoms with Gasteiger partial charge in [0, 0.05) is 35.6 Å². The SMILES string of the molecule is O=C(CN1CCNCC1c1ccccc1Cl)NCc1ccc(Cl)s1. The van der Waals surface area contributed by atoms with Crippen molar-refractivity contribution in [1.29, 1.82) is 0 Å². The number of hydrogen-bond donors (Lipinski definition) is 2. The van der Waals surface area contributed by atoms with Gasteiger partial charge in [-0.1, -0.05) is 41.4 Å². The van der Waals surface area contributed by atoms with Crippen molar-refractivity contribution in [3.63, 3.8) is 0 Å². The number of thiophene rings is 1. The summed E-state index contributed by atoms with van der Waals surface area (Å²) in [6.45, 7) is 3.34. The Hall–Kier alpha value is -1.11. The lowest BCUT2D eigenvalue weighted by molar-refractivity contribution is -0.123. The lowest BCUT2D eigenvalue weighted by Crippen LogP contribution is -2.49. The molecule has 1 aliphatic heterocycles. The predicted octanol–water partition coefficient (Wildman–Crippen LogP) is 3.32. The minimum atomic E-state index is 0.0125. The Morgan fingerprint density at radius 1 is 1.29 bits per heavy atom. The van der Waals surface area contributed by atoms with E-state index in [1.165, 1.54) is 11.3 Å². The van der Waals surface area contributed by atoms with Crippen molar-refractivity contribution in [1.82, 2.24) is 15.5 Å². The molecule has 0 aliphatic carbocycles. The van der Waals surface area contributed by atoms with Crippen LogP contribution >= 0.6 is 34.5 Å². The van der Waals surface area contributed by atoms with Gasteiger partial charge >= 0.3 is 0 Å². The predicted molar refractivity (Wildman–Crippen MR) is 99.8 cm³/mol. The zero-order valence-electron chi connectivity index (χ0n) is 13.1. The van der Waals surface area contributed by atoms with Gasteiger partial charge in [-0.15, -0.1) is 11.3 Å². The maximum Gasteiger partial charge on any atom is 0.234 e. The second kappa shape index (κ2) is 8.32. The van der Waals surface area contributed by atoms with Gasteiger partial charge in [-0.3, -0.25) is 9.69 Å². The molecule has 0 saturated carbocycles. The number of nitrogens with one attached hydrogen (secondary N) is 2. The number of amides is 1. The van der Waals surface area contributed by atoms with E-state index in [0.29, 0.717) is 13.1 Å². The third-order valence-corrected chi connectivity index (χ3v) is 5.63. The summed E-state index contributed by atoms with van der Waals surface area (Å²) >= 11 is 13.7. The van der Waals surface area contributed by atoms with Crippen LogP contribution in [0.2, 0.25) is 9.36 Å². The molecule has 4 nitrogen and oxygen atoms in total. The van der Waals surface area contributed by atoms with Crippen molar-refractivity contribution in [3.8, 4) is 0 Å². The highest BCUT2D eigenvalue weighted by Crippen LogP contribution is 2.28. The maximum atomic E-state index is 12.3. The van der Waals surface area contributed by atoms with E-state index < -0.39 is 0 Å². The number of benzene rings is 1. The summed E-state index contributed by atoms with van der Waals surface area (Å²) in [7, 11) is 0. The summed E-state index contributed by atoms with van der Waals surface area (Å²) in [6.07, 6.45) is 0. The van der Waals surface area contributed by atoms with Gasteiger partial charge < -0.3 is 10.6 Å². The third-order valence-electron chi connectivity index (χ3n) is 4.05. The van der Waals surface area contributed by atoms with Gasteiger partial charge in [0.2, 0.25) is 5.91 Å². The summed E-state index contributed by atoms with van der Waals surface area (Å²) in [5, 5.41) is 7.08. The van der Waals surface area contributed by atoms with Crippen molar-refractivity contribution in [2.24, 2.45) is 0 Å². The van der Waals surface area contributed by atoms with E-state index >= 15 is 0 Å². The van der Waals surface area contributed by atoms with Crippen molar-refractivity contribution >= 4 is 40.4 Å². The quantitative estimate of drug-likeness (QED) is 0.832. The molecule has 1 aliphatic rings. The molecule has 1 saturated heterocycles. The van der Waals surface area contributed by atoms with Crippen LogP contribution in [0, 0.1) is 0 Å². The summed E-state index contributed by atoms with van der Waals surface area (Å²) in [6, 6.07) is 11.7. The van der Waals surface area contributed by atoms with Gasteiger partial charge in [-0.05, 0) is 23.8 Å². The van der Waals surface area contributed by atoms with Gasteiger partial charge in [0.15, 0.2) is 0 Å². The molecule has 0 bridgehead atoms. The molecule has 1 unspecified atom stereocenters. The fraction of sp³-hybridized carbons (Fsp3) is 0.353. The van der Waals surface area contributed by atoms with Crippen LogP contribution in [0.15, 0.2) is 36.4 Å². The standard InChI is InChI=1S/C17H19Cl2N3OS/c18-14-4-2-1-3-13(14)15-10-20-7-8-22(15)11-17(23)21-9-12-5-6-16(19)24-12/h1-6,15,20H,7-11H2,(H,21,23). The largest absolute Gasteiger partial charge is 0.350 e. The number of nitrogens with zero attached hydrogens (tertiary/aromatic N) is 1. The van der Waals surface area contributed by atoms with Crippen LogP contribution in [-0.4, -0.2) is 37.0 Å². The lowest BCUT2D eigenvalue weighted by Gasteiger charge is -2.36. The molecule has 2 aromatic rings. The number of piperazine rings is 1. The van der Waals surface area contributed by atoms with Crippen molar-refractivity contribution < 1.29 is 4.79 Å². The molecule has 1 aromatic heterocycles. The van der Waals surface area contributed by atoms with E-state index in [9.17, 15) is 4.79 Å². The molecule has 2 N–H and O–H groups in total. The van der Waals surface area contributed by atoms with Crippen molar-refractivity contribution in [2.45, 2.75) is 12.6 Å². The van der Waals surface area contributed by atoms with Crippen LogP contribution in [0.3, 0.4) is 0 Å². The molecule has 1 aromatic carbocycles. The Morgan fingerprint density at radius 2 is 2.12 bits per heavy atom. The minimum absolute atomic E-state index is 0.0125. The highest BCUT2D eigenvalue weighted by molar-refractivity contribution is 7.16. The van der Waals surface area contributed by atoms with Gasteiger partial charge in [-0.25, -0.2) is 0 Å². The van der Waals surface area contributed by atoms with Crippen LogP contribution in [-0.2, 0) is 11.3 Å². The number of halogens is 2. The average molecular weight is 384 g/mol. The second-order valence-electron chi connectivity index (χ2n) is 5.69. The number of hydrogen-bond acceptors (Lipinski definition) is 4. The monoisotopic (exact) mass is 383 g/mol. The molecule has 24 heavy (non-hydrogen) atoms. The Balaban J connectivity index is 1.61. The Morgan fingerprint density at radius 3 is 2.88 bits per heavy atom. The molecule has 1 atom stereocenters. The zero-order chi connectivity index (χ0) is 16.9.